The van der Waals surface area contributed by atoms with Crippen LogP contribution >= 0.6 is 0 Å². The number of aryl methyl sites for hydroxylation is 1. The van der Waals surface area contributed by atoms with E-state index in [9.17, 15) is 14.9 Å². The van der Waals surface area contributed by atoms with E-state index in [0.717, 1.165) is 11.3 Å². The number of anilines is 1. The maximum atomic E-state index is 12.8. The SMILES string of the molecule is Cc1cc2nn(-c3ccccc3)nc2cc1NC(=O)c1ccc(-c2ccc([N+](=O)[O-])cc2)o1. The number of benzene rings is 3. The van der Waals surface area contributed by atoms with Gasteiger partial charge in [0.15, 0.2) is 5.76 Å². The van der Waals surface area contributed by atoms with Crippen LogP contribution in [0.4, 0.5) is 11.4 Å². The number of hydrogen-bond acceptors (Lipinski definition) is 6. The van der Waals surface area contributed by atoms with Crippen LogP contribution < -0.4 is 5.32 Å². The fraction of sp³-hybridized carbons (Fsp3) is 0.0417. The molecule has 1 N–H and O–H groups in total. The van der Waals surface area contributed by atoms with Gasteiger partial charge in [-0.25, -0.2) is 0 Å². The zero-order chi connectivity index (χ0) is 22.9. The molecule has 2 aromatic heterocycles. The monoisotopic (exact) mass is 439 g/mol. The summed E-state index contributed by atoms with van der Waals surface area (Å²) >= 11 is 0. The van der Waals surface area contributed by atoms with Gasteiger partial charge in [-0.1, -0.05) is 18.2 Å². The zero-order valence-electron chi connectivity index (χ0n) is 17.4. The Balaban J connectivity index is 1.38. The second-order valence-corrected chi connectivity index (χ2v) is 7.40. The summed E-state index contributed by atoms with van der Waals surface area (Å²) in [5, 5.41) is 22.7. The molecule has 162 valence electrons. The summed E-state index contributed by atoms with van der Waals surface area (Å²) in [5.41, 5.74) is 4.25. The Kier molecular flexibility index (Phi) is 4.91. The molecule has 0 aliphatic rings. The Morgan fingerprint density at radius 3 is 2.36 bits per heavy atom. The van der Waals surface area contributed by atoms with Gasteiger partial charge in [0, 0.05) is 23.4 Å². The molecule has 1 amide bonds. The van der Waals surface area contributed by atoms with Crippen LogP contribution in [0.3, 0.4) is 0 Å². The molecule has 3 aromatic carbocycles. The van der Waals surface area contributed by atoms with Crippen molar-refractivity contribution in [3.63, 3.8) is 0 Å². The minimum atomic E-state index is -0.470. The van der Waals surface area contributed by atoms with Gasteiger partial charge in [0.25, 0.3) is 11.6 Å². The number of rotatable bonds is 5. The van der Waals surface area contributed by atoms with Gasteiger partial charge < -0.3 is 9.73 Å². The van der Waals surface area contributed by atoms with Crippen molar-refractivity contribution in [3.8, 4) is 17.0 Å². The van der Waals surface area contributed by atoms with Crippen LogP contribution in [0, 0.1) is 17.0 Å². The maximum Gasteiger partial charge on any atom is 0.291 e. The average molecular weight is 439 g/mol. The summed E-state index contributed by atoms with van der Waals surface area (Å²) in [4.78, 5) is 24.7. The van der Waals surface area contributed by atoms with Crippen molar-refractivity contribution in [2.75, 3.05) is 5.32 Å². The highest BCUT2D eigenvalue weighted by atomic mass is 16.6. The van der Waals surface area contributed by atoms with Crippen LogP contribution in [0.2, 0.25) is 0 Å². The second-order valence-electron chi connectivity index (χ2n) is 7.40. The Morgan fingerprint density at radius 2 is 1.67 bits per heavy atom. The molecule has 0 saturated heterocycles. The fourth-order valence-corrected chi connectivity index (χ4v) is 3.43. The van der Waals surface area contributed by atoms with E-state index in [1.54, 1.807) is 35.1 Å². The second kappa shape index (κ2) is 8.04. The van der Waals surface area contributed by atoms with Crippen molar-refractivity contribution in [3.05, 3.63) is 100 Å². The van der Waals surface area contributed by atoms with Gasteiger partial charge in [0.1, 0.15) is 16.8 Å². The summed E-state index contributed by atoms with van der Waals surface area (Å²) < 4.78 is 5.68. The van der Waals surface area contributed by atoms with Crippen LogP contribution in [0.5, 0.6) is 0 Å². The van der Waals surface area contributed by atoms with Crippen molar-refractivity contribution in [2.45, 2.75) is 6.92 Å². The van der Waals surface area contributed by atoms with E-state index in [2.05, 4.69) is 15.5 Å². The Labute approximate surface area is 187 Å². The van der Waals surface area contributed by atoms with E-state index in [0.29, 0.717) is 28.0 Å². The summed E-state index contributed by atoms with van der Waals surface area (Å²) in [7, 11) is 0. The highest BCUT2D eigenvalue weighted by Crippen LogP contribution is 2.26. The molecule has 9 heteroatoms. The Hall–Kier alpha value is -4.79. The summed E-state index contributed by atoms with van der Waals surface area (Å²) in [6.45, 7) is 1.88. The third-order valence-electron chi connectivity index (χ3n) is 5.15. The van der Waals surface area contributed by atoms with Crippen molar-refractivity contribution in [1.29, 1.82) is 0 Å². The molecular weight excluding hydrogens is 422 g/mol. The lowest BCUT2D eigenvalue weighted by atomic mass is 10.1. The molecule has 0 fully saturated rings. The lowest BCUT2D eigenvalue weighted by Crippen LogP contribution is -2.11. The van der Waals surface area contributed by atoms with Crippen LogP contribution in [-0.4, -0.2) is 25.8 Å². The Morgan fingerprint density at radius 1 is 0.970 bits per heavy atom. The van der Waals surface area contributed by atoms with Crippen LogP contribution in [0.1, 0.15) is 16.1 Å². The first-order valence-corrected chi connectivity index (χ1v) is 10.1. The van der Waals surface area contributed by atoms with E-state index < -0.39 is 10.8 Å². The first-order chi connectivity index (χ1) is 16.0. The standard InChI is InChI=1S/C24H17N5O4/c1-15-13-20-21(27-28(26-20)17-5-3-2-4-6-17)14-19(15)25-24(30)23-12-11-22(33-23)16-7-9-18(10-8-16)29(31)32/h2-14H,1H3,(H,25,30). The number of fused-ring (bicyclic) bond motifs is 1. The van der Waals surface area contributed by atoms with Crippen LogP contribution in [0.15, 0.2) is 83.3 Å². The van der Waals surface area contributed by atoms with Gasteiger partial charge in [0.2, 0.25) is 0 Å². The first-order valence-electron chi connectivity index (χ1n) is 10.1. The Bertz CT molecular complexity index is 1490. The fourth-order valence-electron chi connectivity index (χ4n) is 3.43. The number of hydrogen-bond donors (Lipinski definition) is 1. The van der Waals surface area contributed by atoms with Gasteiger partial charge in [-0.2, -0.15) is 4.80 Å². The van der Waals surface area contributed by atoms with Crippen molar-refractivity contribution < 1.29 is 14.1 Å². The predicted molar refractivity (Wildman–Crippen MR) is 122 cm³/mol. The minimum absolute atomic E-state index is 0.0154. The largest absolute Gasteiger partial charge is 0.451 e. The van der Waals surface area contributed by atoms with E-state index in [-0.39, 0.29) is 11.4 Å². The van der Waals surface area contributed by atoms with Gasteiger partial charge in [-0.05, 0) is 61.0 Å². The molecule has 0 aliphatic carbocycles. The number of non-ortho nitro benzene ring substituents is 1. The highest BCUT2D eigenvalue weighted by molar-refractivity contribution is 6.04. The van der Waals surface area contributed by atoms with Gasteiger partial charge in [0.05, 0.1) is 10.6 Å². The maximum absolute atomic E-state index is 12.8. The molecule has 0 spiro atoms. The number of carbonyl (C=O) groups is 1. The van der Waals surface area contributed by atoms with Crippen LogP contribution in [-0.2, 0) is 0 Å². The number of nitrogens with zero attached hydrogens (tertiary/aromatic N) is 4. The van der Waals surface area contributed by atoms with E-state index in [4.69, 9.17) is 4.42 Å². The number of para-hydroxylation sites is 1. The number of nitro benzene ring substituents is 1. The molecule has 0 atom stereocenters. The third kappa shape index (κ3) is 3.94. The third-order valence-corrected chi connectivity index (χ3v) is 5.15. The molecule has 2 heterocycles. The lowest BCUT2D eigenvalue weighted by Gasteiger charge is -2.06. The van der Waals surface area contributed by atoms with Gasteiger partial charge in [-0.15, -0.1) is 10.2 Å². The minimum Gasteiger partial charge on any atom is -0.451 e. The smallest absolute Gasteiger partial charge is 0.291 e. The van der Waals surface area contributed by atoms with Gasteiger partial charge >= 0.3 is 0 Å². The number of nitro groups is 1. The van der Waals surface area contributed by atoms with Gasteiger partial charge in [-0.3, -0.25) is 14.9 Å². The average Bonchev–Trinajstić information content (AvgIpc) is 3.47. The van der Waals surface area contributed by atoms with Crippen molar-refractivity contribution in [2.24, 2.45) is 0 Å². The molecule has 0 saturated carbocycles. The predicted octanol–water partition coefficient (Wildman–Crippen LogP) is 5.15. The molecule has 5 rings (SSSR count). The molecule has 0 unspecified atom stereocenters. The molecule has 9 nitrogen and oxygen atoms in total. The number of furan rings is 1. The number of aromatic nitrogens is 3. The summed E-state index contributed by atoms with van der Waals surface area (Å²) in [6.07, 6.45) is 0. The molecule has 0 radical (unpaired) electrons. The van der Waals surface area contributed by atoms with E-state index in [1.807, 2.05) is 43.3 Å². The van der Waals surface area contributed by atoms with E-state index in [1.165, 1.54) is 12.1 Å². The van der Waals surface area contributed by atoms with E-state index >= 15 is 0 Å². The van der Waals surface area contributed by atoms with Crippen molar-refractivity contribution >= 4 is 28.3 Å². The summed E-state index contributed by atoms with van der Waals surface area (Å²) in [5.74, 6) is 0.143. The number of nitrogens with one attached hydrogen (secondary N) is 1. The molecule has 33 heavy (non-hydrogen) atoms. The zero-order valence-corrected chi connectivity index (χ0v) is 17.4. The normalized spacial score (nSPS) is 10.9. The quantitative estimate of drug-likeness (QED) is 0.299. The molecule has 0 bridgehead atoms. The highest BCUT2D eigenvalue weighted by Gasteiger charge is 2.16. The lowest BCUT2D eigenvalue weighted by molar-refractivity contribution is -0.384. The number of carbonyl (C=O) groups excluding carboxylic acids is 1. The summed E-state index contributed by atoms with van der Waals surface area (Å²) in [6, 6.07) is 22.3. The number of amides is 1. The molecule has 5 aromatic rings. The topological polar surface area (TPSA) is 116 Å². The van der Waals surface area contributed by atoms with Crippen molar-refractivity contribution in [1.82, 2.24) is 15.0 Å². The molecular formula is C24H17N5O4. The molecule has 0 aliphatic heterocycles. The first kappa shape index (κ1) is 20.1. The van der Waals surface area contributed by atoms with Crippen LogP contribution in [0.25, 0.3) is 28.0 Å².